The summed E-state index contributed by atoms with van der Waals surface area (Å²) < 4.78 is 44.6. The van der Waals surface area contributed by atoms with Crippen molar-refractivity contribution in [3.8, 4) is 34.3 Å². The summed E-state index contributed by atoms with van der Waals surface area (Å²) in [6, 6.07) is 8.16. The van der Waals surface area contributed by atoms with Crippen molar-refractivity contribution in [2.45, 2.75) is 106 Å². The van der Waals surface area contributed by atoms with Crippen LogP contribution < -0.4 is 14.9 Å². The molecule has 2 aromatic carbocycles. The number of benzene rings is 2. The van der Waals surface area contributed by atoms with Crippen LogP contribution in [0.2, 0.25) is 0 Å². The second-order valence-electron chi connectivity index (χ2n) is 13.1. The third kappa shape index (κ3) is 7.54. The van der Waals surface area contributed by atoms with Gasteiger partial charge >= 0.3 is 0 Å². The van der Waals surface area contributed by atoms with Gasteiger partial charge in [0.2, 0.25) is 17.5 Å². The van der Waals surface area contributed by atoms with Gasteiger partial charge < -0.3 is 88.6 Å². The van der Waals surface area contributed by atoms with Crippen LogP contribution >= 0.6 is 0 Å². The molecular weight excluding hydrogens is 712 g/mol. The van der Waals surface area contributed by atoms with Crippen molar-refractivity contribution in [1.29, 1.82) is 0 Å². The predicted octanol–water partition coefficient (Wildman–Crippen LogP) is -2.24. The first-order valence-corrected chi connectivity index (χ1v) is 16.6. The molecule has 3 aliphatic rings. The minimum Gasteiger partial charge on any atom is -0.507 e. The molecular formula is C34H42O19. The van der Waals surface area contributed by atoms with Crippen LogP contribution in [0.15, 0.2) is 45.6 Å². The molecule has 19 nitrogen and oxygen atoms in total. The van der Waals surface area contributed by atoms with Crippen LogP contribution in [0.1, 0.15) is 13.8 Å². The Balaban J connectivity index is 1.12. The van der Waals surface area contributed by atoms with Crippen molar-refractivity contribution < 1.29 is 88.6 Å². The number of ether oxygens (including phenoxy) is 7. The van der Waals surface area contributed by atoms with Crippen molar-refractivity contribution >= 4 is 11.0 Å². The molecule has 292 valence electrons. The zero-order valence-corrected chi connectivity index (χ0v) is 28.5. The molecule has 0 radical (unpaired) electrons. The first-order chi connectivity index (χ1) is 25.1. The molecule has 3 fully saturated rings. The summed E-state index contributed by atoms with van der Waals surface area (Å²) in [5.41, 5.74) is -0.705. The molecule has 0 amide bonds. The number of fused-ring (bicyclic) bond motifs is 1. The molecule has 3 aliphatic heterocycles. The van der Waals surface area contributed by atoms with Crippen LogP contribution in [0.5, 0.6) is 23.0 Å². The Morgan fingerprint density at radius 2 is 1.30 bits per heavy atom. The zero-order valence-electron chi connectivity index (χ0n) is 28.5. The molecule has 3 saturated heterocycles. The van der Waals surface area contributed by atoms with Gasteiger partial charge in [-0.25, -0.2) is 0 Å². The van der Waals surface area contributed by atoms with Crippen LogP contribution in [-0.4, -0.2) is 157 Å². The van der Waals surface area contributed by atoms with Crippen molar-refractivity contribution in [3.63, 3.8) is 0 Å². The lowest BCUT2D eigenvalue weighted by atomic mass is 9.97. The molecule has 10 N–H and O–H groups in total. The third-order valence-electron chi connectivity index (χ3n) is 9.50. The molecule has 4 heterocycles. The maximum Gasteiger partial charge on any atom is 0.238 e. The summed E-state index contributed by atoms with van der Waals surface area (Å²) >= 11 is 0. The second-order valence-corrected chi connectivity index (χ2v) is 13.1. The summed E-state index contributed by atoms with van der Waals surface area (Å²) in [5.74, 6) is -1.14. The van der Waals surface area contributed by atoms with E-state index < -0.39 is 116 Å². The van der Waals surface area contributed by atoms with E-state index in [1.807, 2.05) is 0 Å². The van der Waals surface area contributed by atoms with Gasteiger partial charge in [-0.2, -0.15) is 0 Å². The Bertz CT molecular complexity index is 1780. The van der Waals surface area contributed by atoms with Gasteiger partial charge in [-0.15, -0.1) is 0 Å². The Hall–Kier alpha value is -3.67. The second kappa shape index (κ2) is 15.6. The van der Waals surface area contributed by atoms with Gasteiger partial charge in [0.05, 0.1) is 25.9 Å². The quantitative estimate of drug-likeness (QED) is 0.110. The molecule has 15 atom stereocenters. The van der Waals surface area contributed by atoms with E-state index in [4.69, 9.17) is 37.6 Å². The molecule has 0 bridgehead atoms. The molecule has 0 unspecified atom stereocenters. The van der Waals surface area contributed by atoms with Gasteiger partial charge in [-0.3, -0.25) is 4.79 Å². The van der Waals surface area contributed by atoms with Crippen molar-refractivity contribution in [2.24, 2.45) is 0 Å². The predicted molar refractivity (Wildman–Crippen MR) is 175 cm³/mol. The first kappa shape index (κ1) is 39.0. The lowest BCUT2D eigenvalue weighted by molar-refractivity contribution is -0.358. The van der Waals surface area contributed by atoms with Gasteiger partial charge in [-0.1, -0.05) is 0 Å². The number of rotatable bonds is 9. The Morgan fingerprint density at radius 1 is 0.679 bits per heavy atom. The minimum atomic E-state index is -1.79. The maximum atomic E-state index is 12.8. The highest BCUT2D eigenvalue weighted by molar-refractivity contribution is 5.88. The van der Waals surface area contributed by atoms with Crippen LogP contribution in [0.4, 0.5) is 0 Å². The topological polar surface area (TPSA) is 297 Å². The summed E-state index contributed by atoms with van der Waals surface area (Å²) in [5, 5.41) is 105. The van der Waals surface area contributed by atoms with E-state index in [-0.39, 0.29) is 33.8 Å². The van der Waals surface area contributed by atoms with Crippen LogP contribution in [-0.2, 0) is 23.7 Å². The monoisotopic (exact) mass is 754 g/mol. The van der Waals surface area contributed by atoms with Gasteiger partial charge in [0.25, 0.3) is 0 Å². The van der Waals surface area contributed by atoms with Crippen molar-refractivity contribution in [2.75, 3.05) is 13.7 Å². The average molecular weight is 755 g/mol. The van der Waals surface area contributed by atoms with E-state index in [2.05, 4.69) is 0 Å². The summed E-state index contributed by atoms with van der Waals surface area (Å²) in [6.07, 6.45) is -22.7. The normalized spacial score (nSPS) is 37.8. The van der Waals surface area contributed by atoms with Crippen molar-refractivity contribution in [1.82, 2.24) is 0 Å². The fourth-order valence-electron chi connectivity index (χ4n) is 6.31. The molecule has 19 heteroatoms. The van der Waals surface area contributed by atoms with Crippen LogP contribution in [0.25, 0.3) is 22.3 Å². The van der Waals surface area contributed by atoms with Crippen LogP contribution in [0, 0.1) is 0 Å². The number of phenols is 1. The fourth-order valence-corrected chi connectivity index (χ4v) is 6.31. The lowest BCUT2D eigenvalue weighted by Crippen LogP contribution is -2.64. The summed E-state index contributed by atoms with van der Waals surface area (Å²) in [4.78, 5) is 12.8. The smallest absolute Gasteiger partial charge is 0.238 e. The third-order valence-corrected chi connectivity index (χ3v) is 9.50. The van der Waals surface area contributed by atoms with Crippen LogP contribution in [0.3, 0.4) is 0 Å². The molecule has 0 spiro atoms. The SMILES string of the molecule is COc1cc(O)c2c(=O)c(O)c(-c3ccc(O[C@@H]4O[C@H](CO[C@@H]5O[C@@H](C)[C@H](O)[C@@H](O[C@@H]6O[C@@H](C)[C@H](O)[C@@H](O)[C@H]6O)[C@H]5O)[C@H](O)[C@H](O)[C@H]4O)cc3)oc2c1. The number of aliphatic hydroxyl groups is 8. The Kier molecular flexibility index (Phi) is 11.5. The van der Waals surface area contributed by atoms with E-state index in [1.54, 1.807) is 0 Å². The highest BCUT2D eigenvalue weighted by atomic mass is 16.7. The van der Waals surface area contributed by atoms with E-state index >= 15 is 0 Å². The molecule has 53 heavy (non-hydrogen) atoms. The molecule has 3 aromatic rings. The molecule has 1 aromatic heterocycles. The van der Waals surface area contributed by atoms with Gasteiger partial charge in [0.1, 0.15) is 89.3 Å². The number of hydrogen-bond donors (Lipinski definition) is 10. The minimum absolute atomic E-state index is 0.0495. The number of methoxy groups -OCH3 is 1. The Morgan fingerprint density at radius 3 is 1.98 bits per heavy atom. The largest absolute Gasteiger partial charge is 0.507 e. The standard InChI is InChI=1S/C34H42O19/c1-11-20(36)24(40)27(43)33(49-11)53-31-21(37)12(2)48-32(29(31)45)47-10-18-22(38)25(41)28(44)34(52-18)50-14-6-4-13(5-7-14)30-26(42)23(39)19-16(35)8-15(46-3)9-17(19)51-30/h4-9,11-12,18,20-22,24-25,27-29,31-38,40-45H,10H2,1-3H3/t11-,12-,18+,20-,21-,22-,24+,25-,27+,28+,29+,31+,32+,33-,34+/m0/s1. The summed E-state index contributed by atoms with van der Waals surface area (Å²) in [7, 11) is 1.36. The molecule has 0 aliphatic carbocycles. The molecule has 0 saturated carbocycles. The van der Waals surface area contributed by atoms with Crippen molar-refractivity contribution in [3.05, 3.63) is 46.6 Å². The average Bonchev–Trinajstić information content (AvgIpc) is 3.14. The summed E-state index contributed by atoms with van der Waals surface area (Å²) in [6.45, 7) is 2.32. The number of aliphatic hydroxyl groups excluding tert-OH is 8. The van der Waals surface area contributed by atoms with Gasteiger partial charge in [-0.05, 0) is 38.1 Å². The fraction of sp³-hybridized carbons (Fsp3) is 0.559. The maximum absolute atomic E-state index is 12.8. The number of aromatic hydroxyl groups is 2. The van der Waals surface area contributed by atoms with E-state index in [0.717, 1.165) is 0 Å². The highest BCUT2D eigenvalue weighted by Gasteiger charge is 2.51. The van der Waals surface area contributed by atoms with Gasteiger partial charge in [0, 0.05) is 17.7 Å². The first-order valence-electron chi connectivity index (χ1n) is 16.6. The zero-order chi connectivity index (χ0) is 38.5. The number of phenolic OH excluding ortho intramolecular Hbond substituents is 1. The van der Waals surface area contributed by atoms with E-state index in [1.165, 1.54) is 57.4 Å². The lowest BCUT2D eigenvalue weighted by Gasteiger charge is -2.46. The van der Waals surface area contributed by atoms with E-state index in [0.29, 0.717) is 0 Å². The van der Waals surface area contributed by atoms with Gasteiger partial charge in [0.15, 0.2) is 18.3 Å². The Labute approximate surface area is 300 Å². The highest BCUT2D eigenvalue weighted by Crippen LogP contribution is 2.36. The molecule has 6 rings (SSSR count). The van der Waals surface area contributed by atoms with E-state index in [9.17, 15) is 55.9 Å². The number of hydrogen-bond acceptors (Lipinski definition) is 19.